The Balaban J connectivity index is 4.40. The normalized spacial score (nSPS) is 14.9. The lowest BCUT2D eigenvalue weighted by atomic mass is 10.0. The molecule has 0 saturated heterocycles. The molecular weight excluding hydrogens is 864 g/mol. The number of aliphatic hydroxyl groups is 1. The van der Waals surface area contributed by atoms with Gasteiger partial charge in [0.05, 0.1) is 39.9 Å². The monoisotopic (exact) mass is 968 g/mol. The van der Waals surface area contributed by atoms with Crippen molar-refractivity contribution in [3.05, 3.63) is 109 Å². The van der Waals surface area contributed by atoms with Crippen LogP contribution in [0.5, 0.6) is 0 Å². The number of aliphatic hydroxyl groups excluding tert-OH is 1. The Bertz CT molecular complexity index is 1470. The van der Waals surface area contributed by atoms with Crippen molar-refractivity contribution in [3.63, 3.8) is 0 Å². The average molecular weight is 968 g/mol. The lowest BCUT2D eigenvalue weighted by molar-refractivity contribution is -0.870. The molecule has 3 atom stereocenters. The topological polar surface area (TPSA) is 105 Å². The van der Waals surface area contributed by atoms with Gasteiger partial charge in [0.25, 0.3) is 0 Å². The zero-order chi connectivity index (χ0) is 49.9. The Labute approximate surface area is 419 Å². The largest absolute Gasteiger partial charge is 0.472 e. The molecule has 68 heavy (non-hydrogen) atoms. The lowest BCUT2D eigenvalue weighted by Crippen LogP contribution is -2.45. The third-order valence-electron chi connectivity index (χ3n) is 11.5. The van der Waals surface area contributed by atoms with E-state index in [4.69, 9.17) is 9.05 Å². The average Bonchev–Trinajstić information content (AvgIpc) is 3.30. The fraction of sp³-hybridized carbons (Fsp3) is 0.678. The van der Waals surface area contributed by atoms with Gasteiger partial charge in [-0.05, 0) is 83.5 Å². The Morgan fingerprint density at radius 2 is 0.882 bits per heavy atom. The predicted octanol–water partition coefficient (Wildman–Crippen LogP) is 16.4. The van der Waals surface area contributed by atoms with Crippen molar-refractivity contribution in [2.75, 3.05) is 40.9 Å². The van der Waals surface area contributed by atoms with Crippen molar-refractivity contribution in [1.82, 2.24) is 5.32 Å². The highest BCUT2D eigenvalue weighted by molar-refractivity contribution is 7.47. The van der Waals surface area contributed by atoms with Crippen LogP contribution in [0.15, 0.2) is 109 Å². The molecule has 8 nitrogen and oxygen atoms in total. The smallest absolute Gasteiger partial charge is 0.387 e. The van der Waals surface area contributed by atoms with E-state index in [-0.39, 0.29) is 19.1 Å². The number of amides is 1. The summed E-state index contributed by atoms with van der Waals surface area (Å²) in [6.07, 6.45) is 71.8. The maximum atomic E-state index is 12.9. The number of rotatable bonds is 48. The first-order valence-corrected chi connectivity index (χ1v) is 28.8. The number of nitrogens with zero attached hydrogens (tertiary/aromatic N) is 1. The van der Waals surface area contributed by atoms with Crippen LogP contribution in [0.3, 0.4) is 0 Å². The maximum Gasteiger partial charge on any atom is 0.472 e. The van der Waals surface area contributed by atoms with Gasteiger partial charge >= 0.3 is 7.82 Å². The second kappa shape index (κ2) is 49.2. The van der Waals surface area contributed by atoms with E-state index in [0.29, 0.717) is 23.9 Å². The van der Waals surface area contributed by atoms with Crippen molar-refractivity contribution in [2.45, 2.75) is 219 Å². The SMILES string of the molecule is CC/C=C\C/C=C\C/C=C\C/C=C\C/C=C\C/C=C\C/C=C\C/C=C\CCCCC(=O)NC(COP(=O)(O)OCC[N+](C)(C)C)C(O)/C=C/CCCCCCCCCCCCCCCCCCC. The summed E-state index contributed by atoms with van der Waals surface area (Å²) < 4.78 is 23.7. The highest BCUT2D eigenvalue weighted by Crippen LogP contribution is 2.43. The maximum absolute atomic E-state index is 12.9. The number of hydrogen-bond donors (Lipinski definition) is 3. The van der Waals surface area contributed by atoms with E-state index >= 15 is 0 Å². The van der Waals surface area contributed by atoms with E-state index in [9.17, 15) is 19.4 Å². The van der Waals surface area contributed by atoms with E-state index in [0.717, 1.165) is 83.5 Å². The number of allylic oxidation sites excluding steroid dienone is 17. The molecule has 0 aromatic rings. The van der Waals surface area contributed by atoms with Crippen molar-refractivity contribution in [1.29, 1.82) is 0 Å². The molecule has 0 aliphatic rings. The molecule has 0 spiro atoms. The Kier molecular flexibility index (Phi) is 47.1. The molecule has 0 aromatic heterocycles. The minimum absolute atomic E-state index is 0.0468. The van der Waals surface area contributed by atoms with Gasteiger partial charge in [0.2, 0.25) is 5.91 Å². The third-order valence-corrected chi connectivity index (χ3v) is 12.5. The molecule has 0 heterocycles. The minimum atomic E-state index is -4.37. The van der Waals surface area contributed by atoms with Crippen LogP contribution in [0.4, 0.5) is 0 Å². The van der Waals surface area contributed by atoms with Crippen LogP contribution < -0.4 is 5.32 Å². The van der Waals surface area contributed by atoms with Crippen molar-refractivity contribution in [2.24, 2.45) is 0 Å². The number of carbonyl (C=O) groups is 1. The Morgan fingerprint density at radius 1 is 0.515 bits per heavy atom. The van der Waals surface area contributed by atoms with Gasteiger partial charge in [-0.15, -0.1) is 0 Å². The molecule has 3 N–H and O–H groups in total. The number of carbonyl (C=O) groups excluding carboxylic acids is 1. The number of likely N-dealkylation sites (N-methyl/N-ethyl adjacent to an activating group) is 1. The van der Waals surface area contributed by atoms with Crippen molar-refractivity contribution in [3.8, 4) is 0 Å². The number of nitrogens with one attached hydrogen (secondary N) is 1. The minimum Gasteiger partial charge on any atom is -0.387 e. The fourth-order valence-electron chi connectivity index (χ4n) is 7.23. The highest BCUT2D eigenvalue weighted by atomic mass is 31.2. The molecule has 0 radical (unpaired) electrons. The van der Waals surface area contributed by atoms with Gasteiger partial charge in [0.15, 0.2) is 0 Å². The Morgan fingerprint density at radius 3 is 1.29 bits per heavy atom. The zero-order valence-electron chi connectivity index (χ0n) is 44.3. The van der Waals surface area contributed by atoms with Gasteiger partial charge in [-0.25, -0.2) is 4.57 Å². The number of phosphoric acid groups is 1. The standard InChI is InChI=1S/C59H103N2O6P/c1-6-8-10-12-14-16-18-20-22-24-26-27-28-29-30-31-32-33-35-37-39-41-43-45-47-49-51-53-59(63)60-57(56-67-68(64,65)66-55-54-61(3,4)5)58(62)52-50-48-46-44-42-40-38-36-34-25-23-21-19-17-15-13-11-9-7-2/h8,10,14,16,20,22,26-27,29-30,32-33,37,39,43,45,50,52,57-58,62H,6-7,9,11-13,15,17-19,21,23-25,28,31,34-36,38,40-42,44,46-49,51,53-56H2,1-5H3,(H-,60,63,64,65)/p+1/b10-8-,16-14-,22-20-,27-26-,30-29-,33-32-,39-37-,45-43-,52-50+. The van der Waals surface area contributed by atoms with Gasteiger partial charge in [-0.1, -0.05) is 226 Å². The van der Waals surface area contributed by atoms with E-state index in [2.05, 4.69) is 116 Å². The molecule has 0 fully saturated rings. The van der Waals surface area contributed by atoms with Gasteiger partial charge < -0.3 is 19.8 Å². The first-order chi connectivity index (χ1) is 33.0. The number of unbranched alkanes of at least 4 members (excludes halogenated alkanes) is 19. The van der Waals surface area contributed by atoms with Gasteiger partial charge in [-0.3, -0.25) is 13.8 Å². The molecule has 0 aliphatic carbocycles. The third kappa shape index (κ3) is 51.0. The number of hydrogen-bond acceptors (Lipinski definition) is 5. The molecule has 390 valence electrons. The van der Waals surface area contributed by atoms with Gasteiger partial charge in [-0.2, -0.15) is 0 Å². The first-order valence-electron chi connectivity index (χ1n) is 27.3. The van der Waals surface area contributed by atoms with Crippen LogP contribution in [0, 0.1) is 0 Å². The molecule has 0 aromatic carbocycles. The highest BCUT2D eigenvalue weighted by Gasteiger charge is 2.27. The van der Waals surface area contributed by atoms with Gasteiger partial charge in [0, 0.05) is 6.42 Å². The summed E-state index contributed by atoms with van der Waals surface area (Å²) in [5.41, 5.74) is 0. The fourth-order valence-corrected chi connectivity index (χ4v) is 7.97. The summed E-state index contributed by atoms with van der Waals surface area (Å²) in [6, 6.07) is -0.878. The number of phosphoric ester groups is 1. The summed E-state index contributed by atoms with van der Waals surface area (Å²) in [5, 5.41) is 13.9. The summed E-state index contributed by atoms with van der Waals surface area (Å²) >= 11 is 0. The van der Waals surface area contributed by atoms with Crippen LogP contribution in [0.25, 0.3) is 0 Å². The van der Waals surface area contributed by atoms with Crippen LogP contribution in [0.2, 0.25) is 0 Å². The summed E-state index contributed by atoms with van der Waals surface area (Å²) in [6.45, 7) is 4.66. The predicted molar refractivity (Wildman–Crippen MR) is 295 cm³/mol. The van der Waals surface area contributed by atoms with E-state index in [1.807, 2.05) is 27.2 Å². The summed E-state index contributed by atoms with van der Waals surface area (Å²) in [4.78, 5) is 23.3. The van der Waals surface area contributed by atoms with Crippen LogP contribution in [-0.4, -0.2) is 73.4 Å². The second-order valence-electron chi connectivity index (χ2n) is 19.2. The molecule has 9 heteroatoms. The molecular formula is C59H104N2O6P+. The molecule has 0 rings (SSSR count). The molecule has 1 amide bonds. The molecule has 0 bridgehead atoms. The van der Waals surface area contributed by atoms with E-state index in [1.165, 1.54) is 96.3 Å². The van der Waals surface area contributed by atoms with Crippen LogP contribution >= 0.6 is 7.82 Å². The van der Waals surface area contributed by atoms with Crippen LogP contribution in [0.1, 0.15) is 206 Å². The zero-order valence-corrected chi connectivity index (χ0v) is 45.2. The van der Waals surface area contributed by atoms with Crippen LogP contribution in [-0.2, 0) is 18.4 Å². The van der Waals surface area contributed by atoms with Gasteiger partial charge in [0.1, 0.15) is 13.2 Å². The quantitative estimate of drug-likeness (QED) is 0.0243. The molecule has 3 unspecified atom stereocenters. The van der Waals surface area contributed by atoms with Crippen molar-refractivity contribution < 1.29 is 32.9 Å². The molecule has 0 aliphatic heterocycles. The summed E-state index contributed by atoms with van der Waals surface area (Å²) in [7, 11) is 1.53. The lowest BCUT2D eigenvalue weighted by Gasteiger charge is -2.25. The van der Waals surface area contributed by atoms with E-state index in [1.54, 1.807) is 6.08 Å². The van der Waals surface area contributed by atoms with E-state index < -0.39 is 20.0 Å². The first kappa shape index (κ1) is 65.2. The van der Waals surface area contributed by atoms with Crippen molar-refractivity contribution >= 4 is 13.7 Å². The number of quaternary nitrogens is 1. The summed E-state index contributed by atoms with van der Waals surface area (Å²) in [5.74, 6) is -0.223. The Hall–Kier alpha value is -2.84. The molecule has 0 saturated carbocycles. The second-order valence-corrected chi connectivity index (χ2v) is 20.7.